The molecule has 4 nitrogen and oxygen atoms in total. The van der Waals surface area contributed by atoms with Gasteiger partial charge in [-0.2, -0.15) is 0 Å². The molecule has 1 saturated carbocycles. The highest BCUT2D eigenvalue weighted by Crippen LogP contribution is 2.27. The summed E-state index contributed by atoms with van der Waals surface area (Å²) < 4.78 is 24.5. The second-order valence-electron chi connectivity index (χ2n) is 6.37. The Labute approximate surface area is 136 Å². The van der Waals surface area contributed by atoms with Crippen molar-refractivity contribution in [3.63, 3.8) is 0 Å². The van der Waals surface area contributed by atoms with Gasteiger partial charge in [0.1, 0.15) is 12.4 Å². The van der Waals surface area contributed by atoms with E-state index in [1.165, 1.54) is 25.0 Å². The van der Waals surface area contributed by atoms with Crippen LogP contribution in [0, 0.1) is 5.82 Å². The number of amides is 1. The molecular formula is C18H24FNO3. The van der Waals surface area contributed by atoms with Gasteiger partial charge in [-0.3, -0.25) is 4.79 Å². The van der Waals surface area contributed by atoms with Crippen LogP contribution in [0.1, 0.15) is 50.1 Å². The van der Waals surface area contributed by atoms with Gasteiger partial charge in [0.2, 0.25) is 5.91 Å². The lowest BCUT2D eigenvalue weighted by Gasteiger charge is -2.25. The van der Waals surface area contributed by atoms with Crippen LogP contribution in [0.15, 0.2) is 24.3 Å². The van der Waals surface area contributed by atoms with Crippen molar-refractivity contribution in [2.75, 3.05) is 13.2 Å². The van der Waals surface area contributed by atoms with Gasteiger partial charge in [0.05, 0.1) is 18.2 Å². The number of halogens is 1. The lowest BCUT2D eigenvalue weighted by molar-refractivity contribution is -0.129. The maximum atomic E-state index is 13.1. The highest BCUT2D eigenvalue weighted by atomic mass is 19.1. The molecule has 0 aromatic heterocycles. The SMILES string of the molecule is O=C(COC1CCCC1)N[C@@H](c1ccc(F)cc1)[C@H]1CCCO1. The van der Waals surface area contributed by atoms with Crippen LogP contribution in [-0.2, 0) is 14.3 Å². The first kappa shape index (κ1) is 16.4. The topological polar surface area (TPSA) is 47.6 Å². The molecule has 23 heavy (non-hydrogen) atoms. The summed E-state index contributed by atoms with van der Waals surface area (Å²) in [5.41, 5.74) is 0.868. The normalized spacial score (nSPS) is 23.1. The van der Waals surface area contributed by atoms with Gasteiger partial charge in [0.25, 0.3) is 0 Å². The van der Waals surface area contributed by atoms with E-state index in [2.05, 4.69) is 5.32 Å². The van der Waals surface area contributed by atoms with Crippen LogP contribution in [0.25, 0.3) is 0 Å². The highest BCUT2D eigenvalue weighted by molar-refractivity contribution is 5.77. The van der Waals surface area contributed by atoms with Crippen LogP contribution in [0.5, 0.6) is 0 Å². The fourth-order valence-electron chi connectivity index (χ4n) is 3.39. The van der Waals surface area contributed by atoms with E-state index < -0.39 is 0 Å². The van der Waals surface area contributed by atoms with Crippen LogP contribution >= 0.6 is 0 Å². The Balaban J connectivity index is 1.60. The quantitative estimate of drug-likeness (QED) is 0.876. The molecule has 0 unspecified atom stereocenters. The van der Waals surface area contributed by atoms with Gasteiger partial charge in [0.15, 0.2) is 0 Å². The van der Waals surface area contributed by atoms with Gasteiger partial charge in [-0.25, -0.2) is 4.39 Å². The first-order valence-electron chi connectivity index (χ1n) is 8.50. The second-order valence-corrected chi connectivity index (χ2v) is 6.37. The van der Waals surface area contributed by atoms with Gasteiger partial charge < -0.3 is 14.8 Å². The minimum Gasteiger partial charge on any atom is -0.376 e. The first-order chi connectivity index (χ1) is 11.2. The van der Waals surface area contributed by atoms with Crippen LogP contribution in [0.2, 0.25) is 0 Å². The van der Waals surface area contributed by atoms with Crippen LogP contribution in [0.3, 0.4) is 0 Å². The summed E-state index contributed by atoms with van der Waals surface area (Å²) in [6, 6.07) is 5.99. The third-order valence-electron chi connectivity index (χ3n) is 4.63. The van der Waals surface area contributed by atoms with E-state index in [0.717, 1.165) is 31.2 Å². The van der Waals surface area contributed by atoms with Gasteiger partial charge in [0, 0.05) is 6.61 Å². The summed E-state index contributed by atoms with van der Waals surface area (Å²) in [5, 5.41) is 3.01. The maximum absolute atomic E-state index is 13.1. The molecule has 1 aromatic rings. The predicted molar refractivity (Wildman–Crippen MR) is 84.5 cm³/mol. The molecule has 5 heteroatoms. The number of nitrogens with one attached hydrogen (secondary N) is 1. The van der Waals surface area contributed by atoms with E-state index in [-0.39, 0.29) is 36.6 Å². The smallest absolute Gasteiger partial charge is 0.246 e. The number of ether oxygens (including phenoxy) is 2. The second kappa shape index (κ2) is 7.88. The first-order valence-corrected chi connectivity index (χ1v) is 8.50. The van der Waals surface area contributed by atoms with E-state index in [1.54, 1.807) is 12.1 Å². The molecule has 2 aliphatic rings. The maximum Gasteiger partial charge on any atom is 0.246 e. The summed E-state index contributed by atoms with van der Waals surface area (Å²) in [6.07, 6.45) is 6.48. The standard InChI is InChI=1S/C18H24FNO3/c19-14-9-7-13(8-10-14)18(16-6-3-11-22-16)20-17(21)12-23-15-4-1-2-5-15/h7-10,15-16,18H,1-6,11-12H2,(H,20,21)/t16-,18+/m1/s1. The Morgan fingerprint density at radius 3 is 2.61 bits per heavy atom. The van der Waals surface area contributed by atoms with Crippen LogP contribution < -0.4 is 5.32 Å². The van der Waals surface area contributed by atoms with E-state index >= 15 is 0 Å². The number of carbonyl (C=O) groups excluding carboxylic acids is 1. The van der Waals surface area contributed by atoms with Gasteiger partial charge >= 0.3 is 0 Å². The molecule has 1 N–H and O–H groups in total. The molecule has 1 amide bonds. The van der Waals surface area contributed by atoms with E-state index in [4.69, 9.17) is 9.47 Å². The third-order valence-corrected chi connectivity index (χ3v) is 4.63. The van der Waals surface area contributed by atoms with Gasteiger partial charge in [-0.05, 0) is 43.4 Å². The van der Waals surface area contributed by atoms with Crippen molar-refractivity contribution in [3.8, 4) is 0 Å². The Morgan fingerprint density at radius 1 is 1.22 bits per heavy atom. The Bertz CT molecular complexity index is 508. The Hall–Kier alpha value is -1.46. The van der Waals surface area contributed by atoms with E-state index in [0.29, 0.717) is 6.61 Å². The summed E-state index contributed by atoms with van der Waals surface area (Å²) in [5.74, 6) is -0.419. The van der Waals surface area contributed by atoms with Crippen molar-refractivity contribution < 1.29 is 18.7 Å². The summed E-state index contributed by atoms with van der Waals surface area (Å²) in [4.78, 5) is 12.2. The fraction of sp³-hybridized carbons (Fsp3) is 0.611. The molecule has 126 valence electrons. The molecule has 2 fully saturated rings. The Kier molecular flexibility index (Phi) is 5.62. The van der Waals surface area contributed by atoms with Crippen molar-refractivity contribution in [1.29, 1.82) is 0 Å². The minimum absolute atomic E-state index is 0.0594. The van der Waals surface area contributed by atoms with Crippen molar-refractivity contribution in [2.45, 2.75) is 56.8 Å². The molecule has 1 aliphatic carbocycles. The van der Waals surface area contributed by atoms with E-state index in [1.807, 2.05) is 0 Å². The monoisotopic (exact) mass is 321 g/mol. The number of benzene rings is 1. The van der Waals surface area contributed by atoms with Gasteiger partial charge in [-0.1, -0.05) is 25.0 Å². The minimum atomic E-state index is -0.282. The predicted octanol–water partition coefficient (Wildman–Crippen LogP) is 3.12. The molecule has 3 rings (SSSR count). The van der Waals surface area contributed by atoms with E-state index in [9.17, 15) is 9.18 Å². The molecule has 0 bridgehead atoms. The largest absolute Gasteiger partial charge is 0.376 e. The van der Waals surface area contributed by atoms with Crippen molar-refractivity contribution in [2.24, 2.45) is 0 Å². The van der Waals surface area contributed by atoms with Crippen LogP contribution in [-0.4, -0.2) is 31.3 Å². The summed E-state index contributed by atoms with van der Waals surface area (Å²) in [7, 11) is 0. The summed E-state index contributed by atoms with van der Waals surface area (Å²) in [6.45, 7) is 0.784. The molecule has 2 atom stereocenters. The van der Waals surface area contributed by atoms with Crippen molar-refractivity contribution in [3.05, 3.63) is 35.6 Å². The Morgan fingerprint density at radius 2 is 1.96 bits per heavy atom. The number of hydrogen-bond acceptors (Lipinski definition) is 3. The number of rotatable bonds is 6. The number of carbonyl (C=O) groups is 1. The molecule has 1 aromatic carbocycles. The number of hydrogen-bond donors (Lipinski definition) is 1. The fourth-order valence-corrected chi connectivity index (χ4v) is 3.39. The molecular weight excluding hydrogens is 297 g/mol. The zero-order chi connectivity index (χ0) is 16.1. The molecule has 0 spiro atoms. The lowest BCUT2D eigenvalue weighted by atomic mass is 9.99. The van der Waals surface area contributed by atoms with Gasteiger partial charge in [-0.15, -0.1) is 0 Å². The zero-order valence-corrected chi connectivity index (χ0v) is 13.3. The zero-order valence-electron chi connectivity index (χ0n) is 13.3. The average Bonchev–Trinajstić information content (AvgIpc) is 3.25. The van der Waals surface area contributed by atoms with Crippen LogP contribution in [0.4, 0.5) is 4.39 Å². The summed E-state index contributed by atoms with van der Waals surface area (Å²) >= 11 is 0. The van der Waals surface area contributed by atoms with Crippen molar-refractivity contribution in [1.82, 2.24) is 5.32 Å². The molecule has 0 radical (unpaired) electrons. The molecule has 1 saturated heterocycles. The highest BCUT2D eigenvalue weighted by Gasteiger charge is 2.29. The average molecular weight is 321 g/mol. The third kappa shape index (κ3) is 4.52. The lowest BCUT2D eigenvalue weighted by Crippen LogP contribution is -2.38. The molecule has 1 heterocycles. The van der Waals surface area contributed by atoms with Crippen molar-refractivity contribution >= 4 is 5.91 Å². The molecule has 1 aliphatic heterocycles.